The number of hydrogen-bond acceptors (Lipinski definition) is 3. The fraction of sp³-hybridized carbons (Fsp3) is 0.200. The molecule has 3 rings (SSSR count). The van der Waals surface area contributed by atoms with Gasteiger partial charge >= 0.3 is 0 Å². The molecule has 0 radical (unpaired) electrons. The first-order valence-corrected chi connectivity index (χ1v) is 8.25. The van der Waals surface area contributed by atoms with Gasteiger partial charge in [-0.25, -0.2) is 0 Å². The molecule has 2 N–H and O–H groups in total. The Hall–Kier alpha value is -3.08. The molecule has 1 heterocycles. The van der Waals surface area contributed by atoms with Crippen molar-refractivity contribution in [2.75, 3.05) is 13.1 Å². The fourth-order valence-corrected chi connectivity index (χ4v) is 2.70. The highest BCUT2D eigenvalue weighted by atomic mass is 16.3. The summed E-state index contributed by atoms with van der Waals surface area (Å²) >= 11 is 0. The molecule has 5 nitrogen and oxygen atoms in total. The number of furan rings is 1. The van der Waals surface area contributed by atoms with E-state index in [0.29, 0.717) is 13.0 Å². The van der Waals surface area contributed by atoms with Crippen LogP contribution in [0.15, 0.2) is 65.3 Å². The molecule has 2 amide bonds. The molecule has 0 atom stereocenters. The number of hydrogen-bond donors (Lipinski definition) is 2. The van der Waals surface area contributed by atoms with Crippen LogP contribution in [0.1, 0.15) is 11.3 Å². The molecule has 0 saturated heterocycles. The normalized spacial score (nSPS) is 10.6. The SMILES string of the molecule is O=C(CNC(=O)Cc1cccc2ccccc12)NCCc1ccco1. The standard InChI is InChI=1S/C20H20N2O3/c23-19(13-16-7-3-6-15-5-1-2-9-18(15)16)22-14-20(24)21-11-10-17-8-4-12-25-17/h1-9,12H,10-11,13-14H2,(H,21,24)(H,22,23). The van der Waals surface area contributed by atoms with E-state index < -0.39 is 0 Å². The van der Waals surface area contributed by atoms with E-state index in [1.807, 2.05) is 54.6 Å². The van der Waals surface area contributed by atoms with Gasteiger partial charge in [0.15, 0.2) is 0 Å². The van der Waals surface area contributed by atoms with Crippen LogP contribution >= 0.6 is 0 Å². The maximum atomic E-state index is 12.1. The van der Waals surface area contributed by atoms with Crippen LogP contribution in [-0.4, -0.2) is 24.9 Å². The van der Waals surface area contributed by atoms with Crippen LogP contribution in [0.4, 0.5) is 0 Å². The third-order valence-electron chi connectivity index (χ3n) is 3.95. The van der Waals surface area contributed by atoms with Crippen LogP contribution in [0.3, 0.4) is 0 Å². The van der Waals surface area contributed by atoms with Crippen molar-refractivity contribution in [3.8, 4) is 0 Å². The average molecular weight is 336 g/mol. The van der Waals surface area contributed by atoms with E-state index in [0.717, 1.165) is 22.1 Å². The minimum atomic E-state index is -0.210. The summed E-state index contributed by atoms with van der Waals surface area (Å²) in [6.07, 6.45) is 2.48. The zero-order chi connectivity index (χ0) is 17.5. The second-order valence-electron chi connectivity index (χ2n) is 5.77. The largest absolute Gasteiger partial charge is 0.469 e. The molecule has 1 aromatic heterocycles. The van der Waals surface area contributed by atoms with Crippen LogP contribution in [0.2, 0.25) is 0 Å². The Morgan fingerprint density at radius 1 is 0.880 bits per heavy atom. The molecule has 0 fully saturated rings. The molecule has 0 aliphatic carbocycles. The molecule has 3 aromatic rings. The van der Waals surface area contributed by atoms with Gasteiger partial charge in [0.1, 0.15) is 5.76 Å². The Bertz CT molecular complexity index is 851. The summed E-state index contributed by atoms with van der Waals surface area (Å²) in [4.78, 5) is 23.9. The molecule has 0 aliphatic rings. The topological polar surface area (TPSA) is 71.3 Å². The molecule has 0 spiro atoms. The minimum absolute atomic E-state index is 0.0260. The Morgan fingerprint density at radius 2 is 1.72 bits per heavy atom. The monoisotopic (exact) mass is 336 g/mol. The molecule has 0 bridgehead atoms. The Labute approximate surface area is 146 Å². The smallest absolute Gasteiger partial charge is 0.239 e. The van der Waals surface area contributed by atoms with Gasteiger partial charge in [0.2, 0.25) is 11.8 Å². The zero-order valence-electron chi connectivity index (χ0n) is 13.8. The Balaban J connectivity index is 1.45. The molecular formula is C20H20N2O3. The van der Waals surface area contributed by atoms with Crippen molar-refractivity contribution in [3.05, 3.63) is 72.2 Å². The number of carbonyl (C=O) groups is 2. The molecule has 128 valence electrons. The van der Waals surface area contributed by atoms with Gasteiger partial charge < -0.3 is 15.1 Å². The van der Waals surface area contributed by atoms with E-state index in [1.165, 1.54) is 0 Å². The number of amides is 2. The molecular weight excluding hydrogens is 316 g/mol. The van der Waals surface area contributed by atoms with Crippen LogP contribution in [0.5, 0.6) is 0 Å². The van der Waals surface area contributed by atoms with Crippen molar-refractivity contribution in [2.24, 2.45) is 0 Å². The van der Waals surface area contributed by atoms with Crippen molar-refractivity contribution < 1.29 is 14.0 Å². The third-order valence-corrected chi connectivity index (χ3v) is 3.95. The highest BCUT2D eigenvalue weighted by Gasteiger charge is 2.08. The second kappa shape index (κ2) is 8.15. The van der Waals surface area contributed by atoms with Crippen molar-refractivity contribution in [3.63, 3.8) is 0 Å². The number of benzene rings is 2. The summed E-state index contributed by atoms with van der Waals surface area (Å²) in [6.45, 7) is 0.452. The number of fused-ring (bicyclic) bond motifs is 1. The summed E-state index contributed by atoms with van der Waals surface area (Å²) < 4.78 is 5.19. The first-order chi connectivity index (χ1) is 12.2. The summed E-state index contributed by atoms with van der Waals surface area (Å²) in [5.74, 6) is 0.440. The third kappa shape index (κ3) is 4.70. The van der Waals surface area contributed by atoms with E-state index in [2.05, 4.69) is 10.6 Å². The van der Waals surface area contributed by atoms with Gasteiger partial charge in [-0.15, -0.1) is 0 Å². The van der Waals surface area contributed by atoms with E-state index >= 15 is 0 Å². The van der Waals surface area contributed by atoms with Crippen molar-refractivity contribution in [2.45, 2.75) is 12.8 Å². The average Bonchev–Trinajstić information content (AvgIpc) is 3.14. The first-order valence-electron chi connectivity index (χ1n) is 8.25. The minimum Gasteiger partial charge on any atom is -0.469 e. The second-order valence-corrected chi connectivity index (χ2v) is 5.77. The van der Waals surface area contributed by atoms with Crippen LogP contribution < -0.4 is 10.6 Å². The summed E-state index contributed by atoms with van der Waals surface area (Å²) in [5, 5.41) is 7.58. The maximum Gasteiger partial charge on any atom is 0.239 e. The van der Waals surface area contributed by atoms with Crippen molar-refractivity contribution in [1.29, 1.82) is 0 Å². The lowest BCUT2D eigenvalue weighted by Crippen LogP contribution is -2.38. The van der Waals surface area contributed by atoms with Gasteiger partial charge in [-0.3, -0.25) is 9.59 Å². The van der Waals surface area contributed by atoms with Gasteiger partial charge in [0.25, 0.3) is 0 Å². The molecule has 0 saturated carbocycles. The lowest BCUT2D eigenvalue weighted by molar-refractivity contribution is -0.125. The predicted molar refractivity (Wildman–Crippen MR) is 96.1 cm³/mol. The number of rotatable bonds is 7. The van der Waals surface area contributed by atoms with E-state index in [4.69, 9.17) is 4.42 Å². The highest BCUT2D eigenvalue weighted by molar-refractivity contribution is 5.91. The van der Waals surface area contributed by atoms with Gasteiger partial charge in [0.05, 0.1) is 19.2 Å². The summed E-state index contributed by atoms with van der Waals surface area (Å²) in [6, 6.07) is 17.5. The molecule has 0 aliphatic heterocycles. The fourth-order valence-electron chi connectivity index (χ4n) is 2.70. The highest BCUT2D eigenvalue weighted by Crippen LogP contribution is 2.18. The van der Waals surface area contributed by atoms with E-state index in [-0.39, 0.29) is 24.8 Å². The zero-order valence-corrected chi connectivity index (χ0v) is 13.8. The van der Waals surface area contributed by atoms with E-state index in [1.54, 1.807) is 6.26 Å². The molecule has 25 heavy (non-hydrogen) atoms. The predicted octanol–water partition coefficient (Wildman–Crippen LogP) is 2.45. The maximum absolute atomic E-state index is 12.1. The first kappa shape index (κ1) is 16.8. The van der Waals surface area contributed by atoms with Crippen LogP contribution in [0.25, 0.3) is 10.8 Å². The molecule has 2 aromatic carbocycles. The van der Waals surface area contributed by atoms with Gasteiger partial charge in [-0.1, -0.05) is 42.5 Å². The lowest BCUT2D eigenvalue weighted by atomic mass is 10.0. The Morgan fingerprint density at radius 3 is 2.56 bits per heavy atom. The van der Waals surface area contributed by atoms with Crippen molar-refractivity contribution >= 4 is 22.6 Å². The molecule has 0 unspecified atom stereocenters. The summed E-state index contributed by atoms with van der Waals surface area (Å²) in [5.41, 5.74) is 0.953. The quantitative estimate of drug-likeness (QED) is 0.696. The van der Waals surface area contributed by atoms with Gasteiger partial charge in [-0.05, 0) is 28.5 Å². The number of carbonyl (C=O) groups excluding carboxylic acids is 2. The lowest BCUT2D eigenvalue weighted by Gasteiger charge is -2.08. The molecule has 5 heteroatoms. The van der Waals surface area contributed by atoms with Gasteiger partial charge in [0, 0.05) is 13.0 Å². The van der Waals surface area contributed by atoms with Crippen LogP contribution in [-0.2, 0) is 22.4 Å². The van der Waals surface area contributed by atoms with E-state index in [9.17, 15) is 9.59 Å². The van der Waals surface area contributed by atoms with Crippen LogP contribution in [0, 0.1) is 0 Å². The summed E-state index contributed by atoms with van der Waals surface area (Å²) in [7, 11) is 0. The van der Waals surface area contributed by atoms with Gasteiger partial charge in [-0.2, -0.15) is 0 Å². The van der Waals surface area contributed by atoms with Crippen molar-refractivity contribution in [1.82, 2.24) is 10.6 Å². The Kier molecular flexibility index (Phi) is 5.46. The number of nitrogens with one attached hydrogen (secondary N) is 2.